The standard InChI is InChI=1S/C14H16BrNO3/c1-19-13-5-3-9-8-10(2-4-11(9)16-13)14(18)12(17)6-7-15/h2-5,8,12,14,17-18H,6-7H2,1H3. The van der Waals surface area contributed by atoms with Gasteiger partial charge in [0.25, 0.3) is 0 Å². The Morgan fingerprint density at radius 1 is 1.26 bits per heavy atom. The van der Waals surface area contributed by atoms with Crippen molar-refractivity contribution in [1.29, 1.82) is 0 Å². The Kier molecular flexibility index (Phi) is 4.74. The fraction of sp³-hybridized carbons (Fsp3) is 0.357. The summed E-state index contributed by atoms with van der Waals surface area (Å²) in [5, 5.41) is 21.4. The van der Waals surface area contributed by atoms with Gasteiger partial charge < -0.3 is 14.9 Å². The van der Waals surface area contributed by atoms with E-state index in [1.165, 1.54) is 0 Å². The summed E-state index contributed by atoms with van der Waals surface area (Å²) in [4.78, 5) is 4.30. The van der Waals surface area contributed by atoms with E-state index < -0.39 is 12.2 Å². The molecule has 1 aromatic heterocycles. The van der Waals surface area contributed by atoms with Gasteiger partial charge in [-0.2, -0.15) is 0 Å². The molecule has 2 atom stereocenters. The number of alkyl halides is 1. The minimum Gasteiger partial charge on any atom is -0.481 e. The first kappa shape index (κ1) is 14.2. The van der Waals surface area contributed by atoms with Crippen molar-refractivity contribution in [2.24, 2.45) is 0 Å². The molecule has 4 nitrogen and oxygen atoms in total. The quantitative estimate of drug-likeness (QED) is 0.829. The summed E-state index contributed by atoms with van der Waals surface area (Å²) in [5.41, 5.74) is 1.48. The third-order valence-corrected chi connectivity index (χ3v) is 3.47. The van der Waals surface area contributed by atoms with E-state index in [0.29, 0.717) is 23.2 Å². The third-order valence-electron chi connectivity index (χ3n) is 3.01. The van der Waals surface area contributed by atoms with E-state index in [4.69, 9.17) is 4.74 Å². The lowest BCUT2D eigenvalue weighted by Crippen LogP contribution is -2.18. The van der Waals surface area contributed by atoms with E-state index in [1.54, 1.807) is 19.2 Å². The summed E-state index contributed by atoms with van der Waals surface area (Å²) >= 11 is 3.25. The van der Waals surface area contributed by atoms with Crippen molar-refractivity contribution < 1.29 is 14.9 Å². The van der Waals surface area contributed by atoms with Gasteiger partial charge in [0, 0.05) is 16.8 Å². The summed E-state index contributed by atoms with van der Waals surface area (Å²) in [6.45, 7) is 0. The predicted molar refractivity (Wildman–Crippen MR) is 77.7 cm³/mol. The molecule has 19 heavy (non-hydrogen) atoms. The molecule has 2 aromatic rings. The molecule has 0 amide bonds. The van der Waals surface area contributed by atoms with Crippen LogP contribution < -0.4 is 4.74 Å². The van der Waals surface area contributed by atoms with Crippen LogP contribution in [0.4, 0.5) is 0 Å². The van der Waals surface area contributed by atoms with Crippen molar-refractivity contribution in [3.63, 3.8) is 0 Å². The average Bonchev–Trinajstić information content (AvgIpc) is 2.45. The predicted octanol–water partition coefficient (Wildman–Crippen LogP) is 2.42. The van der Waals surface area contributed by atoms with Crippen molar-refractivity contribution in [3.8, 4) is 5.88 Å². The molecule has 1 heterocycles. The van der Waals surface area contributed by atoms with Gasteiger partial charge in [-0.3, -0.25) is 0 Å². The number of aromatic nitrogens is 1. The van der Waals surface area contributed by atoms with Crippen LogP contribution in [-0.2, 0) is 0 Å². The number of benzene rings is 1. The molecule has 0 aliphatic heterocycles. The summed E-state index contributed by atoms with van der Waals surface area (Å²) in [5.74, 6) is 0.556. The van der Waals surface area contributed by atoms with Gasteiger partial charge in [0.15, 0.2) is 0 Å². The molecule has 5 heteroatoms. The van der Waals surface area contributed by atoms with Crippen LogP contribution in [0.2, 0.25) is 0 Å². The van der Waals surface area contributed by atoms with Crippen molar-refractivity contribution >= 4 is 26.8 Å². The Labute approximate surface area is 120 Å². The molecule has 0 bridgehead atoms. The number of ether oxygens (including phenoxy) is 1. The molecule has 2 unspecified atom stereocenters. The largest absolute Gasteiger partial charge is 0.481 e. The Morgan fingerprint density at radius 2 is 2.05 bits per heavy atom. The molecule has 1 aromatic carbocycles. The van der Waals surface area contributed by atoms with Crippen LogP contribution >= 0.6 is 15.9 Å². The number of nitrogens with zero attached hydrogens (tertiary/aromatic N) is 1. The first-order valence-electron chi connectivity index (χ1n) is 6.02. The van der Waals surface area contributed by atoms with Crippen LogP contribution in [-0.4, -0.2) is 33.7 Å². The Balaban J connectivity index is 2.31. The summed E-state index contributed by atoms with van der Waals surface area (Å²) in [6.07, 6.45) is -1.16. The SMILES string of the molecule is COc1ccc2cc(C(O)C(O)CCBr)ccc2n1. The van der Waals surface area contributed by atoms with E-state index in [0.717, 1.165) is 10.9 Å². The van der Waals surface area contributed by atoms with E-state index in [9.17, 15) is 10.2 Å². The van der Waals surface area contributed by atoms with Crippen LogP contribution in [0, 0.1) is 0 Å². The normalized spacial score (nSPS) is 14.3. The number of hydrogen-bond acceptors (Lipinski definition) is 4. The maximum atomic E-state index is 10.1. The zero-order chi connectivity index (χ0) is 13.8. The third kappa shape index (κ3) is 3.23. The number of halogens is 1. The molecule has 102 valence electrons. The van der Waals surface area contributed by atoms with Crippen molar-refractivity contribution in [2.45, 2.75) is 18.6 Å². The number of aliphatic hydroxyl groups is 2. The van der Waals surface area contributed by atoms with E-state index in [2.05, 4.69) is 20.9 Å². The van der Waals surface area contributed by atoms with Gasteiger partial charge in [0.2, 0.25) is 5.88 Å². The van der Waals surface area contributed by atoms with Gasteiger partial charge in [0.05, 0.1) is 18.7 Å². The topological polar surface area (TPSA) is 62.6 Å². The van der Waals surface area contributed by atoms with Gasteiger partial charge in [-0.15, -0.1) is 0 Å². The summed E-state index contributed by atoms with van der Waals surface area (Å²) < 4.78 is 5.06. The van der Waals surface area contributed by atoms with Crippen LogP contribution in [0.25, 0.3) is 10.9 Å². The highest BCUT2D eigenvalue weighted by Gasteiger charge is 2.18. The lowest BCUT2D eigenvalue weighted by molar-refractivity contribution is 0.0174. The van der Waals surface area contributed by atoms with Crippen molar-refractivity contribution in [1.82, 2.24) is 4.98 Å². The molecular formula is C14H16BrNO3. The zero-order valence-electron chi connectivity index (χ0n) is 10.6. The van der Waals surface area contributed by atoms with Gasteiger partial charge >= 0.3 is 0 Å². The van der Waals surface area contributed by atoms with Gasteiger partial charge in [0.1, 0.15) is 6.10 Å². The molecule has 0 saturated heterocycles. The molecular weight excluding hydrogens is 310 g/mol. The number of hydrogen-bond donors (Lipinski definition) is 2. The monoisotopic (exact) mass is 325 g/mol. The van der Waals surface area contributed by atoms with Crippen LogP contribution in [0.3, 0.4) is 0 Å². The van der Waals surface area contributed by atoms with E-state index in [-0.39, 0.29) is 0 Å². The second-order valence-electron chi connectivity index (χ2n) is 4.30. The summed E-state index contributed by atoms with van der Waals surface area (Å²) in [7, 11) is 1.57. The number of fused-ring (bicyclic) bond motifs is 1. The first-order valence-corrected chi connectivity index (χ1v) is 7.14. The minimum absolute atomic E-state index is 0.500. The fourth-order valence-electron chi connectivity index (χ4n) is 1.91. The zero-order valence-corrected chi connectivity index (χ0v) is 12.2. The molecule has 0 aliphatic rings. The number of pyridine rings is 1. The van der Waals surface area contributed by atoms with Crippen LogP contribution in [0.15, 0.2) is 30.3 Å². The maximum absolute atomic E-state index is 10.1. The Morgan fingerprint density at radius 3 is 2.74 bits per heavy atom. The minimum atomic E-state index is -0.885. The van der Waals surface area contributed by atoms with E-state index >= 15 is 0 Å². The Bertz CT molecular complexity index is 561. The maximum Gasteiger partial charge on any atom is 0.213 e. The smallest absolute Gasteiger partial charge is 0.213 e. The van der Waals surface area contributed by atoms with Gasteiger partial charge in [-0.1, -0.05) is 22.0 Å². The molecule has 0 radical (unpaired) electrons. The lowest BCUT2D eigenvalue weighted by atomic mass is 10.0. The van der Waals surface area contributed by atoms with Crippen LogP contribution in [0.1, 0.15) is 18.1 Å². The highest BCUT2D eigenvalue weighted by molar-refractivity contribution is 9.09. The molecule has 0 fully saturated rings. The molecule has 0 spiro atoms. The number of methoxy groups -OCH3 is 1. The Hall–Kier alpha value is -1.17. The van der Waals surface area contributed by atoms with Crippen LogP contribution in [0.5, 0.6) is 5.88 Å². The molecule has 0 aliphatic carbocycles. The second-order valence-corrected chi connectivity index (χ2v) is 5.09. The summed E-state index contributed by atoms with van der Waals surface area (Å²) in [6, 6.07) is 9.08. The van der Waals surface area contributed by atoms with Gasteiger partial charge in [-0.25, -0.2) is 4.98 Å². The molecule has 2 rings (SSSR count). The highest BCUT2D eigenvalue weighted by Crippen LogP contribution is 2.24. The first-order chi connectivity index (χ1) is 9.15. The van der Waals surface area contributed by atoms with Crippen molar-refractivity contribution in [2.75, 3.05) is 12.4 Å². The van der Waals surface area contributed by atoms with Crippen molar-refractivity contribution in [3.05, 3.63) is 35.9 Å². The molecule has 2 N–H and O–H groups in total. The fourth-order valence-corrected chi connectivity index (χ4v) is 2.38. The lowest BCUT2D eigenvalue weighted by Gasteiger charge is -2.17. The second kappa shape index (κ2) is 6.32. The van der Waals surface area contributed by atoms with Gasteiger partial charge in [-0.05, 0) is 30.2 Å². The number of rotatable bonds is 5. The highest BCUT2D eigenvalue weighted by atomic mass is 79.9. The number of aliphatic hydroxyl groups excluding tert-OH is 2. The molecule has 0 saturated carbocycles. The average molecular weight is 326 g/mol. The van der Waals surface area contributed by atoms with E-state index in [1.807, 2.05) is 18.2 Å².